The quantitative estimate of drug-likeness (QED) is 0.386. The van der Waals surface area contributed by atoms with Crippen LogP contribution in [0.5, 0.6) is 0 Å². The second-order valence-corrected chi connectivity index (χ2v) is 8.92. The van der Waals surface area contributed by atoms with Gasteiger partial charge in [0.2, 0.25) is 17.6 Å². The molecule has 1 aliphatic heterocycles. The van der Waals surface area contributed by atoms with Crippen LogP contribution in [0.15, 0.2) is 18.3 Å². The molecule has 0 bridgehead atoms. The predicted octanol–water partition coefficient (Wildman–Crippen LogP) is -0.0683. The summed E-state index contributed by atoms with van der Waals surface area (Å²) in [5.41, 5.74) is 0.514. The lowest BCUT2D eigenvalue weighted by molar-refractivity contribution is -0.137. The van der Waals surface area contributed by atoms with E-state index in [2.05, 4.69) is 15.6 Å². The number of likely N-dealkylation sites (tertiary alicyclic amines) is 1. The minimum atomic E-state index is -0.749. The van der Waals surface area contributed by atoms with Crippen LogP contribution in [0.4, 0.5) is 5.82 Å². The number of nitrogens with one attached hydrogen (secondary N) is 2. The van der Waals surface area contributed by atoms with Crippen molar-refractivity contribution in [3.8, 4) is 0 Å². The fourth-order valence-corrected chi connectivity index (χ4v) is 3.91. The van der Waals surface area contributed by atoms with Crippen molar-refractivity contribution in [3.05, 3.63) is 23.9 Å². The van der Waals surface area contributed by atoms with E-state index in [1.807, 2.05) is 0 Å². The second kappa shape index (κ2) is 8.67. The molecule has 1 aromatic heterocycles. The first-order valence-electron chi connectivity index (χ1n) is 9.48. The number of anilines is 1. The number of carbonyl (C=O) groups excluding carboxylic acids is 3. The maximum atomic E-state index is 12.7. The van der Waals surface area contributed by atoms with Crippen molar-refractivity contribution in [2.45, 2.75) is 36.6 Å². The molecule has 156 valence electrons. The van der Waals surface area contributed by atoms with Gasteiger partial charge in [-0.05, 0) is 31.4 Å². The van der Waals surface area contributed by atoms with Gasteiger partial charge >= 0.3 is 0 Å². The number of rotatable bonds is 8. The first kappa shape index (κ1) is 21.5. The molecule has 2 heterocycles. The van der Waals surface area contributed by atoms with Gasteiger partial charge in [-0.25, -0.2) is 4.98 Å². The summed E-state index contributed by atoms with van der Waals surface area (Å²) in [5, 5.41) is 11.6. The van der Waals surface area contributed by atoms with Gasteiger partial charge < -0.3 is 15.5 Å². The molecule has 1 aliphatic carbocycles. The third kappa shape index (κ3) is 5.05. The van der Waals surface area contributed by atoms with Crippen LogP contribution in [0.3, 0.4) is 0 Å². The fourth-order valence-electron chi connectivity index (χ4n) is 3.38. The van der Waals surface area contributed by atoms with E-state index in [9.17, 15) is 14.4 Å². The molecule has 1 aromatic rings. The normalized spacial score (nSPS) is 22.1. The molecule has 8 nitrogen and oxygen atoms in total. The van der Waals surface area contributed by atoms with Gasteiger partial charge in [-0.3, -0.25) is 19.8 Å². The highest BCUT2D eigenvalue weighted by molar-refractivity contribution is 6.50. The van der Waals surface area contributed by atoms with Gasteiger partial charge in [-0.2, -0.15) is 0 Å². The molecule has 2 aliphatic rings. The standard InChI is InChI=1S/C19H23Cl2N5O3/c1-11(27)16(22)13-4-2-6-23-17(13)24-10-15(28)26-7-3-5-14(26)18(29)25-9-12-8-19(12,20)21/h2,4,6,12,14,22H,3,5,7-10H2,1H3,(H,23,24)(H,25,29)/p+1/t12-,14-/m0/s1. The molecule has 10 heteroatoms. The van der Waals surface area contributed by atoms with Crippen LogP contribution in [0.2, 0.25) is 0 Å². The fraction of sp³-hybridized carbons (Fsp3) is 0.526. The van der Waals surface area contributed by atoms with Gasteiger partial charge in [0.1, 0.15) is 16.2 Å². The lowest BCUT2D eigenvalue weighted by Crippen LogP contribution is -2.48. The highest BCUT2D eigenvalue weighted by Crippen LogP contribution is 2.52. The summed E-state index contributed by atoms with van der Waals surface area (Å²) >= 11 is 12.0. The average Bonchev–Trinajstić information content (AvgIpc) is 3.07. The van der Waals surface area contributed by atoms with Crippen LogP contribution < -0.4 is 16.0 Å². The molecule has 29 heavy (non-hydrogen) atoms. The number of nitrogens with zero attached hydrogens (tertiary/aromatic N) is 2. The highest BCUT2D eigenvalue weighted by Gasteiger charge is 2.51. The van der Waals surface area contributed by atoms with E-state index in [0.29, 0.717) is 37.3 Å². The number of carbonyl (C=O) groups is 3. The van der Waals surface area contributed by atoms with Crippen LogP contribution in [0, 0.1) is 5.92 Å². The summed E-state index contributed by atoms with van der Waals surface area (Å²) in [6.45, 7) is 2.22. The molecule has 1 saturated heterocycles. The van der Waals surface area contributed by atoms with E-state index in [-0.39, 0.29) is 35.8 Å². The third-order valence-corrected chi connectivity index (χ3v) is 6.16. The molecular weight excluding hydrogens is 417 g/mol. The molecule has 0 spiro atoms. The molecule has 3 rings (SSSR count). The minimum Gasteiger partial charge on any atom is -0.360 e. The summed E-state index contributed by atoms with van der Waals surface area (Å²) < 4.78 is -0.749. The number of nitrogens with two attached hydrogens (primary N) is 1. The first-order valence-corrected chi connectivity index (χ1v) is 10.2. The van der Waals surface area contributed by atoms with Crippen molar-refractivity contribution in [2.24, 2.45) is 5.92 Å². The van der Waals surface area contributed by atoms with Crippen molar-refractivity contribution in [1.82, 2.24) is 15.2 Å². The Morgan fingerprint density at radius 3 is 2.76 bits per heavy atom. The summed E-state index contributed by atoms with van der Waals surface area (Å²) in [4.78, 5) is 42.5. The number of aromatic nitrogens is 1. The van der Waals surface area contributed by atoms with Gasteiger partial charge in [0.05, 0.1) is 12.1 Å². The maximum absolute atomic E-state index is 12.7. The molecule has 1 saturated carbocycles. The third-order valence-electron chi connectivity index (χ3n) is 5.24. The number of ketones is 1. The predicted molar refractivity (Wildman–Crippen MR) is 110 cm³/mol. The zero-order chi connectivity index (χ0) is 21.2. The molecule has 2 atom stereocenters. The van der Waals surface area contributed by atoms with Gasteiger partial charge in [0.25, 0.3) is 5.71 Å². The van der Waals surface area contributed by atoms with Crippen molar-refractivity contribution in [1.29, 1.82) is 0 Å². The smallest absolute Gasteiger partial charge is 0.250 e. The molecule has 0 radical (unpaired) electrons. The largest absolute Gasteiger partial charge is 0.360 e. The van der Waals surface area contributed by atoms with Crippen molar-refractivity contribution < 1.29 is 19.8 Å². The summed E-state index contributed by atoms with van der Waals surface area (Å²) in [5.74, 6) is -0.302. The van der Waals surface area contributed by atoms with Gasteiger partial charge in [0, 0.05) is 32.1 Å². The lowest BCUT2D eigenvalue weighted by atomic mass is 10.1. The molecular formula is C19H24Cl2N5O3+. The van der Waals surface area contributed by atoms with Crippen LogP contribution in [-0.2, 0) is 14.4 Å². The van der Waals surface area contributed by atoms with Crippen LogP contribution in [0.1, 0.15) is 31.7 Å². The van der Waals surface area contributed by atoms with Gasteiger partial charge in [0.15, 0.2) is 0 Å². The Kier molecular flexibility index (Phi) is 6.43. The van der Waals surface area contributed by atoms with Crippen molar-refractivity contribution in [2.75, 3.05) is 25.0 Å². The Bertz CT molecular complexity index is 845. The van der Waals surface area contributed by atoms with Crippen LogP contribution in [-0.4, -0.2) is 63.2 Å². The zero-order valence-electron chi connectivity index (χ0n) is 16.1. The Morgan fingerprint density at radius 2 is 2.10 bits per heavy atom. The second-order valence-electron chi connectivity index (χ2n) is 7.38. The monoisotopic (exact) mass is 440 g/mol. The summed E-state index contributed by atoms with van der Waals surface area (Å²) in [6, 6.07) is 2.81. The Morgan fingerprint density at radius 1 is 1.38 bits per heavy atom. The highest BCUT2D eigenvalue weighted by atomic mass is 35.5. The van der Waals surface area contributed by atoms with E-state index in [1.165, 1.54) is 6.92 Å². The Balaban J connectivity index is 1.57. The van der Waals surface area contributed by atoms with E-state index in [4.69, 9.17) is 28.6 Å². The first-order chi connectivity index (χ1) is 13.7. The maximum Gasteiger partial charge on any atom is 0.250 e. The molecule has 0 unspecified atom stereocenters. The van der Waals surface area contributed by atoms with Crippen LogP contribution >= 0.6 is 23.2 Å². The average molecular weight is 441 g/mol. The molecule has 2 fully saturated rings. The van der Waals surface area contributed by atoms with E-state index in [1.54, 1.807) is 23.2 Å². The van der Waals surface area contributed by atoms with E-state index >= 15 is 0 Å². The number of Topliss-reactive ketones (excluding diaryl/α,β-unsaturated/α-hetero) is 1. The van der Waals surface area contributed by atoms with Gasteiger partial charge in [-0.15, -0.1) is 23.2 Å². The number of alkyl halides is 2. The summed E-state index contributed by atoms with van der Waals surface area (Å²) in [6.07, 6.45) is 3.55. The topological polar surface area (TPSA) is 117 Å². The Hall–Kier alpha value is -2.19. The van der Waals surface area contributed by atoms with Crippen molar-refractivity contribution >= 4 is 52.3 Å². The van der Waals surface area contributed by atoms with Crippen molar-refractivity contribution in [3.63, 3.8) is 0 Å². The van der Waals surface area contributed by atoms with E-state index in [0.717, 1.165) is 6.42 Å². The van der Waals surface area contributed by atoms with Crippen LogP contribution in [0.25, 0.3) is 0 Å². The summed E-state index contributed by atoms with van der Waals surface area (Å²) in [7, 11) is 0. The number of hydrogen-bond acceptors (Lipinski definition) is 5. The molecule has 4 N–H and O–H groups in total. The zero-order valence-corrected chi connectivity index (χ0v) is 17.6. The van der Waals surface area contributed by atoms with E-state index < -0.39 is 10.4 Å². The minimum absolute atomic E-state index is 0.0487. The lowest BCUT2D eigenvalue weighted by Gasteiger charge is -2.24. The number of halogens is 2. The Labute approximate surface area is 178 Å². The SMILES string of the molecule is CC(=O)C(=[NH2+])c1cccnc1NCC(=O)N1CCC[C@H]1C(=O)NC[C@@H]1CC1(Cl)Cl. The molecule has 0 aromatic carbocycles. The number of hydrogen-bond donors (Lipinski definition) is 3. The number of amides is 2. The molecule has 2 amide bonds. The van der Waals surface area contributed by atoms with Gasteiger partial charge in [-0.1, -0.05) is 0 Å². The number of pyridine rings is 1.